The molecule has 0 radical (unpaired) electrons. The standard InChI is InChI=1S/C21H20F3N3O4S/c1-12(22)31-15-5-3-4-14(9-15)27-17-7-6-13(8-16(17)18(26-27)19(23)24)20(28)25-21(2)10-32(29,30)11-21/h3-9,12,19H,10-11H2,1-2H3,(H,25,28). The van der Waals surface area contributed by atoms with Gasteiger partial charge in [-0.3, -0.25) is 4.79 Å². The smallest absolute Gasteiger partial charge is 0.282 e. The Labute approximate surface area is 182 Å². The highest BCUT2D eigenvalue weighted by atomic mass is 32.2. The summed E-state index contributed by atoms with van der Waals surface area (Å²) in [5.74, 6) is -0.710. The van der Waals surface area contributed by atoms with E-state index in [0.717, 1.165) is 0 Å². The van der Waals surface area contributed by atoms with E-state index in [-0.39, 0.29) is 28.2 Å². The van der Waals surface area contributed by atoms with Crippen LogP contribution in [-0.2, 0) is 9.84 Å². The third-order valence-electron chi connectivity index (χ3n) is 5.03. The van der Waals surface area contributed by atoms with Gasteiger partial charge in [-0.1, -0.05) is 6.07 Å². The molecule has 1 atom stereocenters. The van der Waals surface area contributed by atoms with Crippen molar-refractivity contribution in [2.24, 2.45) is 0 Å². The highest BCUT2D eigenvalue weighted by molar-refractivity contribution is 7.93. The molecule has 170 valence electrons. The normalized spacial score (nSPS) is 17.7. The minimum atomic E-state index is -3.17. The van der Waals surface area contributed by atoms with Crippen LogP contribution in [0.2, 0.25) is 0 Å². The number of nitrogens with one attached hydrogen (secondary N) is 1. The van der Waals surface area contributed by atoms with Gasteiger partial charge in [-0.05, 0) is 37.3 Å². The van der Waals surface area contributed by atoms with E-state index in [4.69, 9.17) is 4.74 Å². The minimum absolute atomic E-state index is 0.0733. The predicted octanol–water partition coefficient (Wildman–Crippen LogP) is 3.57. The molecule has 0 spiro atoms. The number of halogens is 3. The number of aromatic nitrogens is 2. The summed E-state index contributed by atoms with van der Waals surface area (Å²) >= 11 is 0. The van der Waals surface area contributed by atoms with E-state index in [2.05, 4.69) is 10.4 Å². The molecular formula is C21H20F3N3O4S. The van der Waals surface area contributed by atoms with Crippen molar-refractivity contribution in [3.8, 4) is 11.4 Å². The number of carbonyl (C=O) groups is 1. The zero-order valence-corrected chi connectivity index (χ0v) is 18.0. The molecule has 3 aromatic rings. The molecule has 1 aliphatic heterocycles. The van der Waals surface area contributed by atoms with Crippen molar-refractivity contribution in [3.05, 3.63) is 53.7 Å². The van der Waals surface area contributed by atoms with Gasteiger partial charge < -0.3 is 10.1 Å². The van der Waals surface area contributed by atoms with E-state index >= 15 is 0 Å². The first-order chi connectivity index (χ1) is 15.0. The van der Waals surface area contributed by atoms with Crippen molar-refractivity contribution in [1.82, 2.24) is 15.1 Å². The van der Waals surface area contributed by atoms with Crippen LogP contribution >= 0.6 is 0 Å². The number of ether oxygens (including phenoxy) is 1. The Balaban J connectivity index is 1.71. The van der Waals surface area contributed by atoms with Gasteiger partial charge in [-0.25, -0.2) is 26.3 Å². The summed E-state index contributed by atoms with van der Waals surface area (Å²) in [6.07, 6.45) is -4.46. The van der Waals surface area contributed by atoms with Gasteiger partial charge in [0.05, 0.1) is 28.2 Å². The first-order valence-corrected chi connectivity index (χ1v) is 11.5. The zero-order valence-electron chi connectivity index (χ0n) is 17.2. The molecule has 4 rings (SSSR count). The van der Waals surface area contributed by atoms with Crippen LogP contribution in [0.1, 0.15) is 36.3 Å². The molecule has 11 heteroatoms. The van der Waals surface area contributed by atoms with Gasteiger partial charge in [0.2, 0.25) is 6.36 Å². The molecular weight excluding hydrogens is 447 g/mol. The Morgan fingerprint density at radius 3 is 2.53 bits per heavy atom. The van der Waals surface area contributed by atoms with E-state index in [1.165, 1.54) is 41.9 Å². The average molecular weight is 467 g/mol. The molecule has 2 aromatic carbocycles. The highest BCUT2D eigenvalue weighted by Gasteiger charge is 2.45. The lowest BCUT2D eigenvalue weighted by atomic mass is 10.0. The van der Waals surface area contributed by atoms with Crippen LogP contribution in [0, 0.1) is 0 Å². The molecule has 1 aromatic heterocycles. The number of benzene rings is 2. The van der Waals surface area contributed by atoms with Gasteiger partial charge in [0.25, 0.3) is 12.3 Å². The molecule has 1 unspecified atom stereocenters. The molecule has 1 aliphatic rings. The fraction of sp³-hybridized carbons (Fsp3) is 0.333. The van der Waals surface area contributed by atoms with E-state index in [1.807, 2.05) is 0 Å². The number of hydrogen-bond acceptors (Lipinski definition) is 5. The third-order valence-corrected chi connectivity index (χ3v) is 7.18. The number of carbonyl (C=O) groups excluding carboxylic acids is 1. The maximum atomic E-state index is 13.7. The van der Waals surface area contributed by atoms with Gasteiger partial charge in [0, 0.05) is 23.9 Å². The molecule has 1 amide bonds. The summed E-state index contributed by atoms with van der Waals surface area (Å²) in [4.78, 5) is 12.6. The lowest BCUT2D eigenvalue weighted by Gasteiger charge is -2.38. The Hall–Kier alpha value is -3.08. The molecule has 2 heterocycles. The number of sulfone groups is 1. The summed E-state index contributed by atoms with van der Waals surface area (Å²) in [6, 6.07) is 10.4. The largest absolute Gasteiger partial charge is 0.461 e. The quantitative estimate of drug-likeness (QED) is 0.599. The molecule has 1 N–H and O–H groups in total. The summed E-state index contributed by atoms with van der Waals surface area (Å²) in [5, 5.41) is 6.74. The van der Waals surface area contributed by atoms with E-state index in [9.17, 15) is 26.4 Å². The van der Waals surface area contributed by atoms with Gasteiger partial charge in [0.1, 0.15) is 11.4 Å². The van der Waals surface area contributed by atoms with Crippen LogP contribution in [0.4, 0.5) is 13.2 Å². The van der Waals surface area contributed by atoms with Crippen molar-refractivity contribution in [2.75, 3.05) is 11.5 Å². The van der Waals surface area contributed by atoms with Gasteiger partial charge >= 0.3 is 0 Å². The molecule has 0 aliphatic carbocycles. The van der Waals surface area contributed by atoms with Crippen LogP contribution in [0.3, 0.4) is 0 Å². The average Bonchev–Trinajstić information content (AvgIpc) is 3.05. The predicted molar refractivity (Wildman–Crippen MR) is 112 cm³/mol. The van der Waals surface area contributed by atoms with Gasteiger partial charge in [0.15, 0.2) is 9.84 Å². The molecule has 0 saturated carbocycles. The fourth-order valence-corrected chi connectivity index (χ4v) is 5.86. The molecule has 32 heavy (non-hydrogen) atoms. The van der Waals surface area contributed by atoms with Crippen LogP contribution in [-0.4, -0.2) is 47.5 Å². The minimum Gasteiger partial charge on any atom is -0.461 e. The Kier molecular flexibility index (Phi) is 5.40. The third kappa shape index (κ3) is 4.29. The number of amides is 1. The number of nitrogens with zero attached hydrogens (tertiary/aromatic N) is 2. The Morgan fingerprint density at radius 1 is 1.19 bits per heavy atom. The monoisotopic (exact) mass is 467 g/mol. The lowest BCUT2D eigenvalue weighted by molar-refractivity contribution is 0.0859. The van der Waals surface area contributed by atoms with Gasteiger partial charge in [-0.2, -0.15) is 5.10 Å². The van der Waals surface area contributed by atoms with Crippen LogP contribution in [0.5, 0.6) is 5.75 Å². The molecule has 0 bridgehead atoms. The maximum Gasteiger partial charge on any atom is 0.282 e. The first-order valence-electron chi connectivity index (χ1n) is 9.71. The Bertz CT molecular complexity index is 1290. The van der Waals surface area contributed by atoms with Gasteiger partial charge in [-0.15, -0.1) is 0 Å². The summed E-state index contributed by atoms with van der Waals surface area (Å²) in [5.41, 5.74) is -0.608. The highest BCUT2D eigenvalue weighted by Crippen LogP contribution is 2.31. The summed E-state index contributed by atoms with van der Waals surface area (Å²) < 4.78 is 69.8. The van der Waals surface area contributed by atoms with Crippen molar-refractivity contribution >= 4 is 26.6 Å². The molecule has 1 saturated heterocycles. The molecule has 1 fully saturated rings. The number of rotatable bonds is 6. The summed E-state index contributed by atoms with van der Waals surface area (Å²) in [7, 11) is -3.17. The number of fused-ring (bicyclic) bond motifs is 1. The summed E-state index contributed by atoms with van der Waals surface area (Å²) in [6.45, 7) is 2.83. The second kappa shape index (κ2) is 7.80. The van der Waals surface area contributed by atoms with Crippen molar-refractivity contribution in [2.45, 2.75) is 32.2 Å². The van der Waals surface area contributed by atoms with E-state index < -0.39 is 39.8 Å². The second-order valence-electron chi connectivity index (χ2n) is 8.03. The fourth-order valence-electron chi connectivity index (χ4n) is 3.86. The first kappa shape index (κ1) is 22.1. The van der Waals surface area contributed by atoms with Crippen molar-refractivity contribution in [1.29, 1.82) is 0 Å². The van der Waals surface area contributed by atoms with Crippen LogP contribution < -0.4 is 10.1 Å². The van der Waals surface area contributed by atoms with Crippen LogP contribution in [0.15, 0.2) is 42.5 Å². The maximum absolute atomic E-state index is 13.7. The van der Waals surface area contributed by atoms with Crippen LogP contribution in [0.25, 0.3) is 16.6 Å². The lowest BCUT2D eigenvalue weighted by Crippen LogP contribution is -2.63. The number of alkyl halides is 3. The zero-order chi connectivity index (χ0) is 23.3. The van der Waals surface area contributed by atoms with Crippen molar-refractivity contribution < 1.29 is 31.1 Å². The topological polar surface area (TPSA) is 90.3 Å². The second-order valence-corrected chi connectivity index (χ2v) is 10.1. The SMILES string of the molecule is CC(F)Oc1cccc(-n2nc(C(F)F)c3cc(C(=O)NC4(C)CS(=O)(=O)C4)ccc32)c1. The van der Waals surface area contributed by atoms with E-state index in [1.54, 1.807) is 19.1 Å². The Morgan fingerprint density at radius 2 is 1.91 bits per heavy atom. The van der Waals surface area contributed by atoms with Crippen molar-refractivity contribution in [3.63, 3.8) is 0 Å². The molecule has 7 nitrogen and oxygen atoms in total. The number of hydrogen-bond donors (Lipinski definition) is 1. The van der Waals surface area contributed by atoms with E-state index in [0.29, 0.717) is 11.2 Å².